The number of nitrogens with zero attached hydrogens (tertiary/aromatic N) is 1. The molecule has 2 heterocycles. The molecule has 2 atom stereocenters. The zero-order valence-electron chi connectivity index (χ0n) is 10.7. The molecule has 0 spiro atoms. The number of alkyl halides is 3. The summed E-state index contributed by atoms with van der Waals surface area (Å²) >= 11 is 0. The number of fused-ring (bicyclic) bond motifs is 3. The predicted molar refractivity (Wildman–Crippen MR) is 64.4 cm³/mol. The van der Waals surface area contributed by atoms with E-state index in [9.17, 15) is 18.0 Å². The molecule has 2 aliphatic rings. The van der Waals surface area contributed by atoms with E-state index in [1.165, 1.54) is 12.1 Å². The van der Waals surface area contributed by atoms with E-state index in [2.05, 4.69) is 10.1 Å². The highest BCUT2D eigenvalue weighted by Gasteiger charge is 2.44. The highest BCUT2D eigenvalue weighted by molar-refractivity contribution is 6.02. The van der Waals surface area contributed by atoms with Crippen LogP contribution in [0.15, 0.2) is 18.2 Å². The Balaban J connectivity index is 2.05. The Morgan fingerprint density at radius 2 is 2.10 bits per heavy atom. The maximum Gasteiger partial charge on any atom is 0.573 e. The molecule has 4 nitrogen and oxygen atoms in total. The molecule has 0 unspecified atom stereocenters. The van der Waals surface area contributed by atoms with Gasteiger partial charge in [0.05, 0.1) is 11.6 Å². The molecular formula is C13H13F3N2O2. The number of ether oxygens (including phenoxy) is 1. The number of benzene rings is 1. The molecule has 1 amide bonds. The van der Waals surface area contributed by atoms with Crippen LogP contribution in [-0.4, -0.2) is 36.3 Å². The zero-order chi connectivity index (χ0) is 14.5. The first-order valence-corrected chi connectivity index (χ1v) is 6.30. The molecule has 1 fully saturated rings. The van der Waals surface area contributed by atoms with E-state index in [0.29, 0.717) is 18.7 Å². The molecule has 108 valence electrons. The monoisotopic (exact) mass is 286 g/mol. The van der Waals surface area contributed by atoms with E-state index < -0.39 is 12.1 Å². The van der Waals surface area contributed by atoms with Crippen LogP contribution in [0, 0.1) is 0 Å². The van der Waals surface area contributed by atoms with Gasteiger partial charge in [-0.1, -0.05) is 12.1 Å². The molecule has 0 aromatic heterocycles. The SMILES string of the molecule is C[C@H]1CNC[C@H]2c3cccc(OC(F)(F)F)c3C(=O)N12. The van der Waals surface area contributed by atoms with Gasteiger partial charge in [-0.3, -0.25) is 4.79 Å². The average Bonchev–Trinajstić information content (AvgIpc) is 2.64. The smallest absolute Gasteiger partial charge is 0.405 e. The second-order valence-corrected chi connectivity index (χ2v) is 5.00. The van der Waals surface area contributed by atoms with Crippen molar-refractivity contribution < 1.29 is 22.7 Å². The van der Waals surface area contributed by atoms with E-state index in [-0.39, 0.29) is 23.6 Å². The van der Waals surface area contributed by atoms with Gasteiger partial charge in [0, 0.05) is 19.1 Å². The number of hydrogen-bond acceptors (Lipinski definition) is 3. The molecule has 0 saturated carbocycles. The highest BCUT2D eigenvalue weighted by Crippen LogP contribution is 2.41. The summed E-state index contributed by atoms with van der Waals surface area (Å²) in [4.78, 5) is 14.0. The quantitative estimate of drug-likeness (QED) is 0.859. The molecular weight excluding hydrogens is 273 g/mol. The summed E-state index contributed by atoms with van der Waals surface area (Å²) in [5.41, 5.74) is 0.626. The summed E-state index contributed by atoms with van der Waals surface area (Å²) in [5.74, 6) is -0.805. The van der Waals surface area contributed by atoms with Gasteiger partial charge in [0.2, 0.25) is 0 Å². The summed E-state index contributed by atoms with van der Waals surface area (Å²) in [6, 6.07) is 4.06. The lowest BCUT2D eigenvalue weighted by molar-refractivity contribution is -0.274. The fraction of sp³-hybridized carbons (Fsp3) is 0.462. The largest absolute Gasteiger partial charge is 0.573 e. The van der Waals surface area contributed by atoms with Crippen molar-refractivity contribution in [2.24, 2.45) is 0 Å². The van der Waals surface area contributed by atoms with Crippen LogP contribution in [0.3, 0.4) is 0 Å². The predicted octanol–water partition coefficient (Wildman–Crippen LogP) is 2.07. The van der Waals surface area contributed by atoms with Crippen molar-refractivity contribution in [3.05, 3.63) is 29.3 Å². The third-order valence-electron chi connectivity index (χ3n) is 3.68. The van der Waals surface area contributed by atoms with Gasteiger partial charge >= 0.3 is 6.36 Å². The second-order valence-electron chi connectivity index (χ2n) is 5.00. The van der Waals surface area contributed by atoms with E-state index in [1.54, 1.807) is 11.0 Å². The number of rotatable bonds is 1. The third-order valence-corrected chi connectivity index (χ3v) is 3.68. The van der Waals surface area contributed by atoms with Crippen LogP contribution in [0.4, 0.5) is 13.2 Å². The molecule has 2 aliphatic heterocycles. The molecule has 0 aliphatic carbocycles. The van der Waals surface area contributed by atoms with Crippen LogP contribution >= 0.6 is 0 Å². The lowest BCUT2D eigenvalue weighted by Crippen LogP contribution is -2.50. The normalized spacial score (nSPS) is 25.4. The third kappa shape index (κ3) is 2.02. The molecule has 7 heteroatoms. The Labute approximate surface area is 113 Å². The lowest BCUT2D eigenvalue weighted by Gasteiger charge is -2.36. The summed E-state index contributed by atoms with van der Waals surface area (Å²) in [6.45, 7) is 3.04. The Bertz CT molecular complexity index is 559. The fourth-order valence-electron chi connectivity index (χ4n) is 2.93. The Morgan fingerprint density at radius 1 is 1.35 bits per heavy atom. The van der Waals surface area contributed by atoms with E-state index >= 15 is 0 Å². The van der Waals surface area contributed by atoms with Crippen LogP contribution in [0.2, 0.25) is 0 Å². The van der Waals surface area contributed by atoms with Gasteiger partial charge in [-0.15, -0.1) is 13.2 Å². The summed E-state index contributed by atoms with van der Waals surface area (Å²) in [5, 5.41) is 3.18. The average molecular weight is 286 g/mol. The first-order chi connectivity index (χ1) is 9.38. The van der Waals surface area contributed by atoms with Crippen molar-refractivity contribution in [3.63, 3.8) is 0 Å². The maximum atomic E-state index is 12.4. The second kappa shape index (κ2) is 4.37. The minimum atomic E-state index is -4.80. The van der Waals surface area contributed by atoms with E-state index in [1.807, 2.05) is 6.92 Å². The van der Waals surface area contributed by atoms with Crippen molar-refractivity contribution in [1.29, 1.82) is 0 Å². The van der Waals surface area contributed by atoms with Crippen LogP contribution in [0.25, 0.3) is 0 Å². The van der Waals surface area contributed by atoms with Gasteiger partial charge in [-0.2, -0.15) is 0 Å². The number of carbonyl (C=O) groups is 1. The molecule has 1 saturated heterocycles. The number of halogens is 3. The Morgan fingerprint density at radius 3 is 2.80 bits per heavy atom. The highest BCUT2D eigenvalue weighted by atomic mass is 19.4. The number of hydrogen-bond donors (Lipinski definition) is 1. The topological polar surface area (TPSA) is 41.6 Å². The standard InChI is InChI=1S/C13H13F3N2O2/c1-7-5-17-6-9-8-3-2-4-10(20-13(14,15)16)11(8)12(19)18(7)9/h2-4,7,9,17H,5-6H2,1H3/t7-,9-/m0/s1. The van der Waals surface area contributed by atoms with Gasteiger partial charge < -0.3 is 15.0 Å². The zero-order valence-corrected chi connectivity index (χ0v) is 10.7. The number of carbonyl (C=O) groups excluding carboxylic acids is 1. The summed E-state index contributed by atoms with van der Waals surface area (Å²) < 4.78 is 41.3. The minimum absolute atomic E-state index is 0.0328. The van der Waals surface area contributed by atoms with E-state index in [4.69, 9.17) is 0 Å². The van der Waals surface area contributed by atoms with E-state index in [0.717, 1.165) is 0 Å². The molecule has 20 heavy (non-hydrogen) atoms. The van der Waals surface area contributed by atoms with Gasteiger partial charge in [0.25, 0.3) is 5.91 Å². The van der Waals surface area contributed by atoms with Gasteiger partial charge in [0.1, 0.15) is 5.75 Å². The molecule has 1 N–H and O–H groups in total. The molecule has 0 bridgehead atoms. The summed E-state index contributed by atoms with van der Waals surface area (Å²) in [6.07, 6.45) is -4.80. The first-order valence-electron chi connectivity index (χ1n) is 6.30. The maximum absolute atomic E-state index is 12.4. The molecule has 1 aromatic carbocycles. The minimum Gasteiger partial charge on any atom is -0.405 e. The molecule has 1 aromatic rings. The number of amides is 1. The lowest BCUT2D eigenvalue weighted by atomic mass is 10.0. The van der Waals surface area contributed by atoms with Crippen LogP contribution in [0.5, 0.6) is 5.75 Å². The van der Waals surface area contributed by atoms with Crippen LogP contribution < -0.4 is 10.1 Å². The van der Waals surface area contributed by atoms with Crippen molar-refractivity contribution >= 4 is 5.91 Å². The van der Waals surface area contributed by atoms with Crippen molar-refractivity contribution in [1.82, 2.24) is 10.2 Å². The Hall–Kier alpha value is -1.76. The van der Waals surface area contributed by atoms with Crippen molar-refractivity contribution in [3.8, 4) is 5.75 Å². The van der Waals surface area contributed by atoms with Crippen LogP contribution in [0.1, 0.15) is 28.9 Å². The Kier molecular flexibility index (Phi) is 2.89. The summed E-state index contributed by atoms with van der Waals surface area (Å²) in [7, 11) is 0. The first kappa shape index (κ1) is 13.2. The molecule has 3 rings (SSSR count). The van der Waals surface area contributed by atoms with Crippen molar-refractivity contribution in [2.45, 2.75) is 25.4 Å². The van der Waals surface area contributed by atoms with Gasteiger partial charge in [0.15, 0.2) is 0 Å². The molecule has 0 radical (unpaired) electrons. The van der Waals surface area contributed by atoms with Gasteiger partial charge in [-0.25, -0.2) is 0 Å². The van der Waals surface area contributed by atoms with Gasteiger partial charge in [-0.05, 0) is 18.6 Å². The van der Waals surface area contributed by atoms with Crippen LogP contribution in [-0.2, 0) is 0 Å². The fourth-order valence-corrected chi connectivity index (χ4v) is 2.93. The number of nitrogens with one attached hydrogen (secondary N) is 1. The van der Waals surface area contributed by atoms with Crippen molar-refractivity contribution in [2.75, 3.05) is 13.1 Å². The number of piperazine rings is 1.